The average molecular weight is 236 g/mol. The van der Waals surface area contributed by atoms with Gasteiger partial charge < -0.3 is 10.2 Å². The first-order chi connectivity index (χ1) is 8.34. The van der Waals surface area contributed by atoms with Gasteiger partial charge in [-0.15, -0.1) is 0 Å². The Balaban J connectivity index is 1.52. The topological polar surface area (TPSA) is 33.1 Å². The van der Waals surface area contributed by atoms with Crippen molar-refractivity contribution in [3.05, 3.63) is 18.5 Å². The lowest BCUT2D eigenvalue weighted by atomic mass is 10.1. The van der Waals surface area contributed by atoms with Gasteiger partial charge in [-0.3, -0.25) is 4.68 Å². The van der Waals surface area contributed by atoms with Crippen molar-refractivity contribution in [2.75, 3.05) is 32.7 Å². The van der Waals surface area contributed by atoms with E-state index in [4.69, 9.17) is 0 Å². The predicted octanol–water partition coefficient (Wildman–Crippen LogP) is 1.20. The van der Waals surface area contributed by atoms with Crippen LogP contribution in [0.15, 0.2) is 18.5 Å². The molecule has 0 amide bonds. The summed E-state index contributed by atoms with van der Waals surface area (Å²) in [6, 6.07) is 1.97. The number of nitrogens with one attached hydrogen (secondary N) is 1. The van der Waals surface area contributed by atoms with E-state index in [2.05, 4.69) is 22.2 Å². The van der Waals surface area contributed by atoms with E-state index < -0.39 is 0 Å². The fraction of sp³-hybridized carbons (Fsp3) is 0.769. The molecule has 2 rings (SSSR count). The highest BCUT2D eigenvalue weighted by molar-refractivity contribution is 4.77. The summed E-state index contributed by atoms with van der Waals surface area (Å²) >= 11 is 0. The van der Waals surface area contributed by atoms with E-state index >= 15 is 0 Å². The Hall–Kier alpha value is -0.870. The van der Waals surface area contributed by atoms with Crippen LogP contribution in [-0.4, -0.2) is 47.4 Å². The van der Waals surface area contributed by atoms with Crippen molar-refractivity contribution in [1.29, 1.82) is 0 Å². The summed E-state index contributed by atoms with van der Waals surface area (Å²) in [5.41, 5.74) is 0. The highest BCUT2D eigenvalue weighted by Gasteiger charge is 2.13. The lowest BCUT2D eigenvalue weighted by molar-refractivity contribution is 0.282. The van der Waals surface area contributed by atoms with Gasteiger partial charge in [0.15, 0.2) is 0 Å². The Labute approximate surface area is 104 Å². The van der Waals surface area contributed by atoms with Crippen LogP contribution in [0.3, 0.4) is 0 Å². The highest BCUT2D eigenvalue weighted by Crippen LogP contribution is 2.09. The lowest BCUT2D eigenvalue weighted by Gasteiger charge is -2.20. The first kappa shape index (κ1) is 12.6. The van der Waals surface area contributed by atoms with E-state index in [0.29, 0.717) is 0 Å². The van der Waals surface area contributed by atoms with Gasteiger partial charge in [-0.2, -0.15) is 5.10 Å². The van der Waals surface area contributed by atoms with Crippen LogP contribution in [0.1, 0.15) is 19.8 Å². The van der Waals surface area contributed by atoms with Gasteiger partial charge in [-0.25, -0.2) is 0 Å². The second-order valence-corrected chi connectivity index (χ2v) is 5.09. The molecule has 1 aliphatic rings. The number of hydrogen-bond donors (Lipinski definition) is 1. The molecule has 0 aromatic carbocycles. The molecule has 4 heteroatoms. The molecule has 0 radical (unpaired) electrons. The zero-order valence-electron chi connectivity index (χ0n) is 10.8. The maximum atomic E-state index is 4.18. The third-order valence-electron chi connectivity index (χ3n) is 3.34. The van der Waals surface area contributed by atoms with Gasteiger partial charge in [-0.1, -0.05) is 6.92 Å². The average Bonchev–Trinajstić information content (AvgIpc) is 2.96. The molecule has 0 bridgehead atoms. The second kappa shape index (κ2) is 6.77. The van der Waals surface area contributed by atoms with Gasteiger partial charge in [0.05, 0.1) is 6.54 Å². The van der Waals surface area contributed by atoms with Gasteiger partial charge in [0.1, 0.15) is 0 Å². The molecule has 1 unspecified atom stereocenters. The maximum absolute atomic E-state index is 4.18. The Morgan fingerprint density at radius 3 is 2.88 bits per heavy atom. The van der Waals surface area contributed by atoms with Crippen molar-refractivity contribution < 1.29 is 0 Å². The second-order valence-electron chi connectivity index (χ2n) is 5.09. The molecule has 2 heterocycles. The lowest BCUT2D eigenvalue weighted by Crippen LogP contribution is -2.32. The fourth-order valence-corrected chi connectivity index (χ4v) is 2.45. The van der Waals surface area contributed by atoms with Crippen molar-refractivity contribution in [3.8, 4) is 0 Å². The zero-order valence-corrected chi connectivity index (χ0v) is 10.8. The Morgan fingerprint density at radius 2 is 2.18 bits per heavy atom. The number of likely N-dealkylation sites (tertiary alicyclic amines) is 1. The first-order valence-electron chi connectivity index (χ1n) is 6.75. The number of rotatable bonds is 7. The summed E-state index contributed by atoms with van der Waals surface area (Å²) in [6.45, 7) is 9.26. The molecule has 0 aliphatic carbocycles. The summed E-state index contributed by atoms with van der Waals surface area (Å²) in [5, 5.41) is 7.69. The minimum Gasteiger partial charge on any atom is -0.315 e. The molecule has 1 saturated heterocycles. The molecule has 4 nitrogen and oxygen atoms in total. The molecular weight excluding hydrogens is 212 g/mol. The molecule has 0 spiro atoms. The normalized spacial score (nSPS) is 18.6. The molecule has 1 N–H and O–H groups in total. The van der Waals surface area contributed by atoms with Crippen LogP contribution in [0.25, 0.3) is 0 Å². The minimum absolute atomic E-state index is 0.741. The van der Waals surface area contributed by atoms with Crippen LogP contribution < -0.4 is 5.32 Å². The largest absolute Gasteiger partial charge is 0.315 e. The summed E-state index contributed by atoms with van der Waals surface area (Å²) < 4.78 is 1.97. The molecule has 1 atom stereocenters. The monoisotopic (exact) mass is 236 g/mol. The summed E-state index contributed by atoms with van der Waals surface area (Å²) in [5.74, 6) is 0.741. The summed E-state index contributed by atoms with van der Waals surface area (Å²) in [4.78, 5) is 2.58. The van der Waals surface area contributed by atoms with Crippen LogP contribution in [0, 0.1) is 5.92 Å². The third-order valence-corrected chi connectivity index (χ3v) is 3.34. The number of nitrogens with zero attached hydrogens (tertiary/aromatic N) is 3. The molecule has 0 saturated carbocycles. The Kier molecular flexibility index (Phi) is 5.01. The van der Waals surface area contributed by atoms with Crippen LogP contribution in [0.5, 0.6) is 0 Å². The summed E-state index contributed by atoms with van der Waals surface area (Å²) in [7, 11) is 0. The molecule has 17 heavy (non-hydrogen) atoms. The first-order valence-corrected chi connectivity index (χ1v) is 6.75. The SMILES string of the molecule is CC(CNCCn1cccn1)CN1CCCC1. The van der Waals surface area contributed by atoms with E-state index in [1.807, 2.05) is 23.1 Å². The van der Waals surface area contributed by atoms with Crippen LogP contribution >= 0.6 is 0 Å². The van der Waals surface area contributed by atoms with Crippen molar-refractivity contribution in [2.45, 2.75) is 26.3 Å². The fourth-order valence-electron chi connectivity index (χ4n) is 2.45. The van der Waals surface area contributed by atoms with Crippen LogP contribution in [-0.2, 0) is 6.54 Å². The van der Waals surface area contributed by atoms with Crippen LogP contribution in [0.4, 0.5) is 0 Å². The van der Waals surface area contributed by atoms with Crippen molar-refractivity contribution in [3.63, 3.8) is 0 Å². The molecular formula is C13H24N4. The third kappa shape index (κ3) is 4.48. The van der Waals surface area contributed by atoms with Crippen molar-refractivity contribution >= 4 is 0 Å². The van der Waals surface area contributed by atoms with Gasteiger partial charge in [-0.05, 0) is 44.5 Å². The maximum Gasteiger partial charge on any atom is 0.0533 e. The van der Waals surface area contributed by atoms with Gasteiger partial charge in [0.25, 0.3) is 0 Å². The number of hydrogen-bond acceptors (Lipinski definition) is 3. The minimum atomic E-state index is 0.741. The van der Waals surface area contributed by atoms with E-state index in [9.17, 15) is 0 Å². The molecule has 1 fully saturated rings. The molecule has 1 aromatic heterocycles. The quantitative estimate of drug-likeness (QED) is 0.722. The van der Waals surface area contributed by atoms with Gasteiger partial charge in [0.2, 0.25) is 0 Å². The van der Waals surface area contributed by atoms with E-state index in [1.54, 1.807) is 0 Å². The highest BCUT2D eigenvalue weighted by atomic mass is 15.3. The predicted molar refractivity (Wildman–Crippen MR) is 69.9 cm³/mol. The van der Waals surface area contributed by atoms with Gasteiger partial charge in [0, 0.05) is 25.5 Å². The molecule has 1 aromatic rings. The van der Waals surface area contributed by atoms with E-state index in [-0.39, 0.29) is 0 Å². The van der Waals surface area contributed by atoms with Crippen molar-refractivity contribution in [1.82, 2.24) is 20.0 Å². The Morgan fingerprint density at radius 1 is 1.35 bits per heavy atom. The molecule has 96 valence electrons. The Bertz CT molecular complexity index is 290. The van der Waals surface area contributed by atoms with E-state index in [1.165, 1.54) is 32.5 Å². The van der Waals surface area contributed by atoms with Crippen molar-refractivity contribution in [2.24, 2.45) is 5.92 Å². The zero-order chi connectivity index (χ0) is 11.9. The van der Waals surface area contributed by atoms with Crippen LogP contribution in [0.2, 0.25) is 0 Å². The summed E-state index contributed by atoms with van der Waals surface area (Å²) in [6.07, 6.45) is 6.62. The molecule has 1 aliphatic heterocycles. The smallest absolute Gasteiger partial charge is 0.0533 e. The number of aromatic nitrogens is 2. The van der Waals surface area contributed by atoms with E-state index in [0.717, 1.165) is 25.6 Å². The van der Waals surface area contributed by atoms with Gasteiger partial charge >= 0.3 is 0 Å². The standard InChI is InChI=1S/C13H24N4/c1-13(12-16-7-2-3-8-16)11-14-6-10-17-9-4-5-15-17/h4-5,9,13-14H,2-3,6-8,10-12H2,1H3.